The van der Waals surface area contributed by atoms with Crippen LogP contribution >= 0.6 is 27.5 Å². The third kappa shape index (κ3) is 12.8. The van der Waals surface area contributed by atoms with Crippen LogP contribution in [-0.4, -0.2) is 45.7 Å². The molecule has 0 aliphatic carbocycles. The fraction of sp³-hybridized carbons (Fsp3) is 0.0833. The van der Waals surface area contributed by atoms with Crippen molar-refractivity contribution in [2.45, 2.75) is 4.83 Å². The van der Waals surface area contributed by atoms with Gasteiger partial charge in [0, 0.05) is 11.1 Å². The first-order valence-corrected chi connectivity index (χ1v) is 11.0. The molecule has 35 heavy (non-hydrogen) atoms. The van der Waals surface area contributed by atoms with E-state index in [4.69, 9.17) is 31.3 Å². The number of rotatable bonds is 7. The van der Waals surface area contributed by atoms with Crippen molar-refractivity contribution in [3.63, 3.8) is 0 Å². The maximum absolute atomic E-state index is 10.9. The minimum Gasteiger partial charge on any atom is -0.480 e. The predicted molar refractivity (Wildman–Crippen MR) is 133 cm³/mol. The topological polar surface area (TPSA) is 154 Å². The van der Waals surface area contributed by atoms with Crippen molar-refractivity contribution in [3.8, 4) is 0 Å². The molecule has 0 fully saturated rings. The molecule has 1 aromatic heterocycles. The third-order valence-electron chi connectivity index (χ3n) is 3.74. The van der Waals surface area contributed by atoms with Crippen LogP contribution in [0.3, 0.4) is 0 Å². The summed E-state index contributed by atoms with van der Waals surface area (Å²) in [5, 5.41) is 27.9. The molecule has 0 radical (unpaired) electrons. The number of carbonyl (C=O) groups excluding carboxylic acids is 1. The molecule has 2 aromatic carbocycles. The number of alkyl halides is 1. The fourth-order valence-electron chi connectivity index (χ4n) is 2.15. The Morgan fingerprint density at radius 3 is 2.14 bits per heavy atom. The van der Waals surface area contributed by atoms with Gasteiger partial charge in [0.15, 0.2) is 0 Å². The lowest BCUT2D eigenvalue weighted by Crippen LogP contribution is -2.27. The van der Waals surface area contributed by atoms with Crippen LogP contribution in [0.2, 0.25) is 5.02 Å². The molecule has 184 valence electrons. The van der Waals surface area contributed by atoms with E-state index in [1.54, 1.807) is 36.4 Å². The van der Waals surface area contributed by atoms with E-state index in [0.29, 0.717) is 10.8 Å². The standard InChI is InChI=1S/C9H9NO4.C8H7BrO2.C7H5ClO2/c11-8(10-6-9(12)13)4-3-7-2-1-5-14-7;9-7(8(10)11)6-4-2-1-3-5-6;8-6-3-1-2-5(4-6)7(9)10/h1-5H,6H2,(H,10,11)(H,12,13);1-5,7H,(H,10,11);1-4H,(H,9,10)/b4-3+;;. The normalized spacial score (nSPS) is 10.7. The summed E-state index contributed by atoms with van der Waals surface area (Å²) in [4.78, 5) is 41.2. The zero-order chi connectivity index (χ0) is 26.2. The van der Waals surface area contributed by atoms with Gasteiger partial charge in [-0.1, -0.05) is 63.9 Å². The van der Waals surface area contributed by atoms with E-state index in [0.717, 1.165) is 5.56 Å². The van der Waals surface area contributed by atoms with Crippen molar-refractivity contribution in [1.82, 2.24) is 5.32 Å². The van der Waals surface area contributed by atoms with Gasteiger partial charge in [-0.15, -0.1) is 0 Å². The molecule has 0 saturated heterocycles. The molecule has 9 nitrogen and oxygen atoms in total. The summed E-state index contributed by atoms with van der Waals surface area (Å²) in [6, 6.07) is 18.5. The lowest BCUT2D eigenvalue weighted by molar-refractivity contribution is -0.137. The van der Waals surface area contributed by atoms with E-state index in [1.165, 1.54) is 30.5 Å². The Morgan fingerprint density at radius 2 is 1.66 bits per heavy atom. The second kappa shape index (κ2) is 15.9. The first-order valence-electron chi connectivity index (χ1n) is 9.72. The van der Waals surface area contributed by atoms with Crippen molar-refractivity contribution in [1.29, 1.82) is 0 Å². The van der Waals surface area contributed by atoms with Gasteiger partial charge in [0.05, 0.1) is 11.8 Å². The van der Waals surface area contributed by atoms with Crippen molar-refractivity contribution >= 4 is 57.4 Å². The van der Waals surface area contributed by atoms with E-state index in [2.05, 4.69) is 21.2 Å². The number of benzene rings is 2. The van der Waals surface area contributed by atoms with Gasteiger partial charge >= 0.3 is 17.9 Å². The number of aliphatic carboxylic acids is 2. The molecule has 0 spiro atoms. The summed E-state index contributed by atoms with van der Waals surface area (Å²) in [6.45, 7) is -0.388. The fourth-order valence-corrected chi connectivity index (χ4v) is 2.65. The molecule has 11 heteroatoms. The van der Waals surface area contributed by atoms with Gasteiger partial charge in [-0.3, -0.25) is 14.4 Å². The monoisotopic (exact) mass is 565 g/mol. The summed E-state index contributed by atoms with van der Waals surface area (Å²) < 4.78 is 4.93. The highest BCUT2D eigenvalue weighted by molar-refractivity contribution is 9.09. The number of amides is 1. The summed E-state index contributed by atoms with van der Waals surface area (Å²) in [5.41, 5.74) is 0.979. The van der Waals surface area contributed by atoms with E-state index in [9.17, 15) is 19.2 Å². The maximum atomic E-state index is 10.9. The molecule has 1 atom stereocenters. The first kappa shape index (κ1) is 29.1. The number of furan rings is 1. The molecular formula is C24H21BrClNO8. The molecule has 3 aromatic rings. The summed E-state index contributed by atoms with van der Waals surface area (Å²) >= 11 is 8.58. The Hall–Kier alpha value is -3.89. The Bertz CT molecular complexity index is 1130. The lowest BCUT2D eigenvalue weighted by atomic mass is 10.2. The van der Waals surface area contributed by atoms with Crippen LogP contribution in [0.25, 0.3) is 6.08 Å². The molecule has 0 aliphatic heterocycles. The van der Waals surface area contributed by atoms with E-state index in [-0.39, 0.29) is 12.1 Å². The summed E-state index contributed by atoms with van der Waals surface area (Å²) in [6.07, 6.45) is 4.15. The Balaban J connectivity index is 0.000000267. The number of aromatic carboxylic acids is 1. The van der Waals surface area contributed by atoms with Gasteiger partial charge < -0.3 is 25.1 Å². The minimum atomic E-state index is -1.08. The van der Waals surface area contributed by atoms with E-state index >= 15 is 0 Å². The van der Waals surface area contributed by atoms with Crippen LogP contribution in [0.5, 0.6) is 0 Å². The number of hydrogen-bond acceptors (Lipinski definition) is 5. The lowest BCUT2D eigenvalue weighted by Gasteiger charge is -2.02. The van der Waals surface area contributed by atoms with Crippen LogP contribution in [-0.2, 0) is 14.4 Å². The third-order valence-corrected chi connectivity index (χ3v) is 4.89. The van der Waals surface area contributed by atoms with E-state index in [1.807, 2.05) is 18.2 Å². The minimum absolute atomic E-state index is 0.215. The molecule has 3 rings (SSSR count). The molecule has 1 amide bonds. The predicted octanol–water partition coefficient (Wildman–Crippen LogP) is 4.74. The van der Waals surface area contributed by atoms with Crippen molar-refractivity contribution < 1.29 is 38.9 Å². The zero-order valence-corrected chi connectivity index (χ0v) is 20.3. The highest BCUT2D eigenvalue weighted by Crippen LogP contribution is 2.21. The van der Waals surface area contributed by atoms with Crippen molar-refractivity contribution in [2.75, 3.05) is 6.54 Å². The first-order chi connectivity index (χ1) is 16.6. The molecule has 0 saturated carbocycles. The maximum Gasteiger partial charge on any atom is 0.335 e. The van der Waals surface area contributed by atoms with Crippen LogP contribution in [0.15, 0.2) is 83.5 Å². The van der Waals surface area contributed by atoms with Crippen LogP contribution in [0, 0.1) is 0 Å². The number of carboxylic acid groups (broad SMARTS) is 3. The number of halogens is 2. The van der Waals surface area contributed by atoms with Crippen molar-refractivity contribution in [2.24, 2.45) is 0 Å². The van der Waals surface area contributed by atoms with Crippen LogP contribution in [0.1, 0.15) is 26.5 Å². The van der Waals surface area contributed by atoms with Gasteiger partial charge in [0.1, 0.15) is 17.1 Å². The molecule has 1 unspecified atom stereocenters. The van der Waals surface area contributed by atoms with Gasteiger partial charge in [0.25, 0.3) is 0 Å². The Morgan fingerprint density at radius 1 is 0.971 bits per heavy atom. The molecule has 0 aliphatic rings. The van der Waals surface area contributed by atoms with Crippen LogP contribution in [0.4, 0.5) is 0 Å². The highest BCUT2D eigenvalue weighted by Gasteiger charge is 2.14. The largest absolute Gasteiger partial charge is 0.480 e. The number of carbonyl (C=O) groups is 4. The van der Waals surface area contributed by atoms with Gasteiger partial charge in [-0.25, -0.2) is 4.79 Å². The van der Waals surface area contributed by atoms with Gasteiger partial charge in [0.2, 0.25) is 5.91 Å². The smallest absolute Gasteiger partial charge is 0.335 e. The van der Waals surface area contributed by atoms with E-state index < -0.39 is 28.6 Å². The van der Waals surface area contributed by atoms with Crippen LogP contribution < -0.4 is 5.32 Å². The number of nitrogens with one attached hydrogen (secondary N) is 1. The summed E-state index contributed by atoms with van der Waals surface area (Å²) in [7, 11) is 0. The average Bonchev–Trinajstić information content (AvgIpc) is 3.36. The van der Waals surface area contributed by atoms with Crippen molar-refractivity contribution in [3.05, 3.63) is 101 Å². The Labute approximate surface area is 213 Å². The molecule has 1 heterocycles. The SMILES string of the molecule is O=C(O)C(Br)c1ccccc1.O=C(O)CNC(=O)/C=C/c1ccco1.O=C(O)c1cccc(Cl)c1. The number of carboxylic acids is 3. The molecular weight excluding hydrogens is 546 g/mol. The average molecular weight is 567 g/mol. The second-order valence-electron chi connectivity index (χ2n) is 6.39. The molecule has 0 bridgehead atoms. The Kier molecular flexibility index (Phi) is 13.2. The van der Waals surface area contributed by atoms with Gasteiger partial charge in [-0.05, 0) is 42.0 Å². The number of hydrogen-bond donors (Lipinski definition) is 4. The second-order valence-corrected chi connectivity index (χ2v) is 7.74. The quantitative estimate of drug-likeness (QED) is 0.236. The zero-order valence-electron chi connectivity index (χ0n) is 18.0. The van der Waals surface area contributed by atoms with Gasteiger partial charge in [-0.2, -0.15) is 0 Å². The molecule has 4 N–H and O–H groups in total. The highest BCUT2D eigenvalue weighted by atomic mass is 79.9. The summed E-state index contributed by atoms with van der Waals surface area (Å²) in [5.74, 6) is -2.83.